The van der Waals surface area contributed by atoms with Crippen LogP contribution in [0.5, 0.6) is 0 Å². The molecule has 0 aromatic carbocycles. The summed E-state index contributed by atoms with van der Waals surface area (Å²) in [6, 6.07) is 0. The standard InChI is InChI=1S/C30H61N2O8P/c1-5-6-7-8-9-10-11-12-13-14-15-16-17-18-19-21-29(33)37-26-28(40-30(34)22-20-23-31)27-39-41(35,36)38-25-24-32(2,3)4/h28H,5-27,31H2,1-4H3/p+1/t28-/m1/s1. The van der Waals surface area contributed by atoms with Gasteiger partial charge in [0.1, 0.15) is 19.8 Å². The summed E-state index contributed by atoms with van der Waals surface area (Å²) in [5.74, 6) is -0.935. The number of esters is 2. The molecule has 0 aliphatic rings. The van der Waals surface area contributed by atoms with Crippen LogP contribution >= 0.6 is 7.82 Å². The lowest BCUT2D eigenvalue weighted by molar-refractivity contribution is -0.870. The number of unbranched alkanes of at least 4 members (excludes halogenated alkanes) is 14. The number of rotatable bonds is 29. The van der Waals surface area contributed by atoms with E-state index in [2.05, 4.69) is 6.92 Å². The van der Waals surface area contributed by atoms with Crippen molar-refractivity contribution in [1.29, 1.82) is 0 Å². The molecule has 0 fully saturated rings. The molecule has 0 aromatic rings. The van der Waals surface area contributed by atoms with Crippen LogP contribution < -0.4 is 5.73 Å². The summed E-state index contributed by atoms with van der Waals surface area (Å²) in [6.07, 6.45) is 18.5. The van der Waals surface area contributed by atoms with Gasteiger partial charge in [0.15, 0.2) is 6.10 Å². The Labute approximate surface area is 250 Å². The van der Waals surface area contributed by atoms with Gasteiger partial charge in [0.2, 0.25) is 0 Å². The maximum absolute atomic E-state index is 12.2. The minimum absolute atomic E-state index is 0.0203. The predicted molar refractivity (Wildman–Crippen MR) is 163 cm³/mol. The zero-order chi connectivity index (χ0) is 30.8. The molecule has 0 heterocycles. The lowest BCUT2D eigenvalue weighted by Crippen LogP contribution is -2.37. The molecule has 11 heteroatoms. The van der Waals surface area contributed by atoms with Gasteiger partial charge in [-0.05, 0) is 19.4 Å². The summed E-state index contributed by atoms with van der Waals surface area (Å²) in [5.41, 5.74) is 5.44. The maximum atomic E-state index is 12.2. The van der Waals surface area contributed by atoms with E-state index in [-0.39, 0.29) is 26.1 Å². The molecule has 1 unspecified atom stereocenters. The Morgan fingerprint density at radius 2 is 1.22 bits per heavy atom. The first-order chi connectivity index (χ1) is 19.5. The molecule has 0 rings (SSSR count). The Balaban J connectivity index is 4.12. The molecule has 244 valence electrons. The molecule has 0 aromatic heterocycles. The van der Waals surface area contributed by atoms with Crippen LogP contribution in [0.25, 0.3) is 0 Å². The molecule has 0 radical (unpaired) electrons. The van der Waals surface area contributed by atoms with Crippen LogP contribution in [0.4, 0.5) is 0 Å². The first kappa shape index (κ1) is 40.0. The number of likely N-dealkylation sites (N-methyl/N-ethyl adjacent to an activating group) is 1. The monoisotopic (exact) mass is 609 g/mol. The molecule has 0 aliphatic carbocycles. The molecule has 0 amide bonds. The van der Waals surface area contributed by atoms with E-state index in [1.165, 1.54) is 77.0 Å². The predicted octanol–water partition coefficient (Wildman–Crippen LogP) is 6.28. The lowest BCUT2D eigenvalue weighted by atomic mass is 10.0. The van der Waals surface area contributed by atoms with Gasteiger partial charge in [-0.25, -0.2) is 4.57 Å². The fourth-order valence-corrected chi connectivity index (χ4v) is 4.89. The molecule has 0 aliphatic heterocycles. The van der Waals surface area contributed by atoms with Crippen molar-refractivity contribution in [3.63, 3.8) is 0 Å². The third-order valence-electron chi connectivity index (χ3n) is 6.74. The maximum Gasteiger partial charge on any atom is 0.472 e. The van der Waals surface area contributed by atoms with Gasteiger partial charge in [0.25, 0.3) is 0 Å². The number of carbonyl (C=O) groups excluding carboxylic acids is 2. The quantitative estimate of drug-likeness (QED) is 0.0435. The van der Waals surface area contributed by atoms with Crippen molar-refractivity contribution in [2.45, 2.75) is 129 Å². The number of hydrogen-bond donors (Lipinski definition) is 2. The Bertz CT molecular complexity index is 702. The van der Waals surface area contributed by atoms with Gasteiger partial charge in [0.05, 0.1) is 27.7 Å². The van der Waals surface area contributed by atoms with Gasteiger partial charge in [-0.3, -0.25) is 18.6 Å². The molecule has 0 spiro atoms. The zero-order valence-electron chi connectivity index (χ0n) is 26.6. The van der Waals surface area contributed by atoms with Gasteiger partial charge in [0, 0.05) is 12.8 Å². The number of hydrogen-bond acceptors (Lipinski definition) is 8. The van der Waals surface area contributed by atoms with E-state index in [9.17, 15) is 19.0 Å². The minimum Gasteiger partial charge on any atom is -0.462 e. The third-order valence-corrected chi connectivity index (χ3v) is 7.72. The normalized spacial score (nSPS) is 14.0. The zero-order valence-corrected chi connectivity index (χ0v) is 27.5. The summed E-state index contributed by atoms with van der Waals surface area (Å²) in [5, 5.41) is 0. The summed E-state index contributed by atoms with van der Waals surface area (Å²) in [4.78, 5) is 34.2. The van der Waals surface area contributed by atoms with Crippen molar-refractivity contribution in [2.24, 2.45) is 5.73 Å². The Kier molecular flexibility index (Phi) is 24.8. The number of nitrogens with two attached hydrogens (primary N) is 1. The molecular weight excluding hydrogens is 547 g/mol. The smallest absolute Gasteiger partial charge is 0.462 e. The van der Waals surface area contributed by atoms with Crippen LogP contribution in [0, 0.1) is 0 Å². The second-order valence-electron chi connectivity index (χ2n) is 12.0. The first-order valence-corrected chi connectivity index (χ1v) is 17.5. The van der Waals surface area contributed by atoms with E-state index < -0.39 is 32.5 Å². The van der Waals surface area contributed by atoms with Crippen LogP contribution in [0.3, 0.4) is 0 Å². The number of nitrogens with zero attached hydrogens (tertiary/aromatic N) is 1. The van der Waals surface area contributed by atoms with E-state index in [4.69, 9.17) is 24.3 Å². The van der Waals surface area contributed by atoms with E-state index >= 15 is 0 Å². The first-order valence-electron chi connectivity index (χ1n) is 16.0. The van der Waals surface area contributed by atoms with E-state index in [0.29, 0.717) is 24.0 Å². The lowest BCUT2D eigenvalue weighted by Gasteiger charge is -2.24. The van der Waals surface area contributed by atoms with Crippen LogP contribution in [0.2, 0.25) is 0 Å². The van der Waals surface area contributed by atoms with Crippen molar-refractivity contribution >= 4 is 19.8 Å². The molecule has 0 bridgehead atoms. The van der Waals surface area contributed by atoms with Gasteiger partial charge in [-0.1, -0.05) is 96.8 Å². The Hall–Kier alpha value is -1.03. The minimum atomic E-state index is -4.35. The van der Waals surface area contributed by atoms with Crippen molar-refractivity contribution in [3.8, 4) is 0 Å². The average Bonchev–Trinajstić information content (AvgIpc) is 2.90. The highest BCUT2D eigenvalue weighted by atomic mass is 31.2. The van der Waals surface area contributed by atoms with Gasteiger partial charge in [-0.2, -0.15) is 0 Å². The highest BCUT2D eigenvalue weighted by Crippen LogP contribution is 2.43. The molecule has 3 N–H and O–H groups in total. The number of ether oxygens (including phenoxy) is 2. The van der Waals surface area contributed by atoms with E-state index in [0.717, 1.165) is 19.3 Å². The van der Waals surface area contributed by atoms with Crippen molar-refractivity contribution in [2.75, 3.05) is 54.1 Å². The Morgan fingerprint density at radius 3 is 1.71 bits per heavy atom. The van der Waals surface area contributed by atoms with Crippen molar-refractivity contribution in [1.82, 2.24) is 0 Å². The van der Waals surface area contributed by atoms with E-state index in [1.54, 1.807) is 0 Å². The number of phosphoric ester groups is 1. The van der Waals surface area contributed by atoms with Crippen LogP contribution in [0.15, 0.2) is 0 Å². The van der Waals surface area contributed by atoms with Gasteiger partial charge in [-0.15, -0.1) is 0 Å². The number of phosphoric acid groups is 1. The summed E-state index contributed by atoms with van der Waals surface area (Å²) in [7, 11) is 1.43. The highest BCUT2D eigenvalue weighted by molar-refractivity contribution is 7.47. The van der Waals surface area contributed by atoms with Gasteiger partial charge >= 0.3 is 19.8 Å². The number of quaternary nitrogens is 1. The van der Waals surface area contributed by atoms with Crippen LogP contribution in [0.1, 0.15) is 122 Å². The SMILES string of the molecule is CCCCCCCCCCCCCCCCCC(=O)OC[C@H](COP(=O)(O)OCC[N+](C)(C)C)OC(=O)CCCN. The third kappa shape index (κ3) is 28.8. The molecule has 0 saturated carbocycles. The molecule has 2 atom stereocenters. The largest absolute Gasteiger partial charge is 0.472 e. The summed E-state index contributed by atoms with van der Waals surface area (Å²) >= 11 is 0. The average molecular weight is 610 g/mol. The topological polar surface area (TPSA) is 134 Å². The Morgan fingerprint density at radius 1 is 0.732 bits per heavy atom. The molecule has 41 heavy (non-hydrogen) atoms. The van der Waals surface area contributed by atoms with Gasteiger partial charge < -0.3 is 24.6 Å². The highest BCUT2D eigenvalue weighted by Gasteiger charge is 2.27. The van der Waals surface area contributed by atoms with Crippen LogP contribution in [-0.4, -0.2) is 81.5 Å². The molecular formula is C30H62N2O8P+. The second kappa shape index (κ2) is 25.5. The van der Waals surface area contributed by atoms with Crippen molar-refractivity contribution < 1.29 is 42.1 Å². The van der Waals surface area contributed by atoms with E-state index in [1.807, 2.05) is 21.1 Å². The molecule has 10 nitrogen and oxygen atoms in total. The number of carbonyl (C=O) groups is 2. The summed E-state index contributed by atoms with van der Waals surface area (Å²) in [6.45, 7) is 2.42. The van der Waals surface area contributed by atoms with Crippen LogP contribution in [-0.2, 0) is 32.7 Å². The molecule has 0 saturated heterocycles. The fraction of sp³-hybridized carbons (Fsp3) is 0.933. The second-order valence-corrected chi connectivity index (χ2v) is 13.5. The fourth-order valence-electron chi connectivity index (χ4n) is 4.15. The van der Waals surface area contributed by atoms with Crippen molar-refractivity contribution in [3.05, 3.63) is 0 Å². The summed E-state index contributed by atoms with van der Waals surface area (Å²) < 4.78 is 33.4.